The third-order valence-electron chi connectivity index (χ3n) is 5.30. The third-order valence-corrected chi connectivity index (χ3v) is 5.85. The van der Waals surface area contributed by atoms with Crippen molar-refractivity contribution < 1.29 is 24.0 Å². The van der Waals surface area contributed by atoms with E-state index in [1.54, 1.807) is 30.3 Å². The average Bonchev–Trinajstić information content (AvgIpc) is 2.84. The van der Waals surface area contributed by atoms with Crippen LogP contribution < -0.4 is 9.47 Å². The first-order valence-corrected chi connectivity index (χ1v) is 11.2. The molecule has 9 nitrogen and oxygen atoms in total. The Morgan fingerprint density at radius 1 is 1.09 bits per heavy atom. The van der Waals surface area contributed by atoms with E-state index in [9.17, 15) is 19.7 Å². The van der Waals surface area contributed by atoms with E-state index in [4.69, 9.17) is 21.7 Å². The van der Waals surface area contributed by atoms with Gasteiger partial charge in [0.2, 0.25) is 0 Å². The summed E-state index contributed by atoms with van der Waals surface area (Å²) in [6.07, 6.45) is 3.66. The summed E-state index contributed by atoms with van der Waals surface area (Å²) < 4.78 is 11.9. The zero-order valence-electron chi connectivity index (χ0n) is 19.6. The van der Waals surface area contributed by atoms with Gasteiger partial charge in [-0.3, -0.25) is 29.5 Å². The molecule has 2 amide bonds. The predicted molar refractivity (Wildman–Crippen MR) is 135 cm³/mol. The molecule has 1 saturated heterocycles. The fourth-order valence-electron chi connectivity index (χ4n) is 3.51. The Kier molecular flexibility index (Phi) is 7.98. The van der Waals surface area contributed by atoms with Crippen LogP contribution >= 0.6 is 12.2 Å². The number of allylic oxidation sites excluding steroid dienone is 1. The monoisotopic (exact) mass is 495 g/mol. The number of nitrogens with zero attached hydrogens (tertiary/aromatic N) is 3. The number of hydrogen-bond donors (Lipinski definition) is 0. The Hall–Kier alpha value is -4.05. The van der Waals surface area contributed by atoms with Crippen LogP contribution in [-0.2, 0) is 22.6 Å². The number of non-ortho nitro benzene ring substituents is 1. The molecular weight excluding hydrogens is 470 g/mol. The molecule has 1 fully saturated rings. The highest BCUT2D eigenvalue weighted by molar-refractivity contribution is 7.80. The standard InChI is InChI=1S/C25H25N3O6S/c1-5-7-18-12-17(13-20-23(29)26(3)25(35)27(4)24(20)30)14-21(33-6-2)22(18)34-15-16-8-10-19(11-9-16)28(31)32/h5,8-14H,1,6-7,15H2,2-4H3. The largest absolute Gasteiger partial charge is 0.490 e. The molecule has 0 unspecified atom stereocenters. The minimum atomic E-state index is -0.486. The zero-order chi connectivity index (χ0) is 25.7. The van der Waals surface area contributed by atoms with Crippen molar-refractivity contribution in [3.63, 3.8) is 0 Å². The van der Waals surface area contributed by atoms with Crippen molar-refractivity contribution in [2.45, 2.75) is 20.0 Å². The van der Waals surface area contributed by atoms with Crippen LogP contribution in [0.5, 0.6) is 11.5 Å². The molecule has 2 aromatic rings. The highest BCUT2D eigenvalue weighted by Crippen LogP contribution is 2.36. The van der Waals surface area contributed by atoms with Gasteiger partial charge in [-0.2, -0.15) is 0 Å². The summed E-state index contributed by atoms with van der Waals surface area (Å²) >= 11 is 5.14. The topological polar surface area (TPSA) is 102 Å². The van der Waals surface area contributed by atoms with Crippen molar-refractivity contribution in [2.24, 2.45) is 0 Å². The van der Waals surface area contributed by atoms with Gasteiger partial charge in [-0.05, 0) is 67.0 Å². The molecule has 1 aliphatic heterocycles. The first-order chi connectivity index (χ1) is 16.7. The van der Waals surface area contributed by atoms with Gasteiger partial charge < -0.3 is 9.47 Å². The molecule has 0 spiro atoms. The second kappa shape index (κ2) is 10.9. The molecule has 35 heavy (non-hydrogen) atoms. The maximum absolute atomic E-state index is 12.7. The first kappa shape index (κ1) is 25.6. The Bertz CT molecular complexity index is 1200. The van der Waals surface area contributed by atoms with Crippen molar-refractivity contribution in [1.29, 1.82) is 0 Å². The van der Waals surface area contributed by atoms with Gasteiger partial charge in [0.1, 0.15) is 12.2 Å². The lowest BCUT2D eigenvalue weighted by Gasteiger charge is -2.31. The Morgan fingerprint density at radius 3 is 2.26 bits per heavy atom. The molecule has 2 aromatic carbocycles. The van der Waals surface area contributed by atoms with Crippen molar-refractivity contribution in [2.75, 3.05) is 20.7 Å². The number of hydrogen-bond acceptors (Lipinski definition) is 7. The van der Waals surface area contributed by atoms with Gasteiger partial charge in [-0.1, -0.05) is 6.08 Å². The lowest BCUT2D eigenvalue weighted by molar-refractivity contribution is -0.384. The molecule has 10 heteroatoms. The van der Waals surface area contributed by atoms with Crippen LogP contribution in [0.25, 0.3) is 6.08 Å². The van der Waals surface area contributed by atoms with Gasteiger partial charge in [-0.15, -0.1) is 6.58 Å². The molecule has 0 bridgehead atoms. The number of benzene rings is 2. The second-order valence-corrected chi connectivity index (χ2v) is 8.08. The van der Waals surface area contributed by atoms with Crippen molar-refractivity contribution >= 4 is 40.9 Å². The quantitative estimate of drug-likeness (QED) is 0.130. The molecule has 0 aromatic heterocycles. The lowest BCUT2D eigenvalue weighted by Crippen LogP contribution is -2.52. The van der Waals surface area contributed by atoms with Crippen molar-refractivity contribution in [3.05, 3.63) is 81.4 Å². The van der Waals surface area contributed by atoms with Crippen molar-refractivity contribution in [3.8, 4) is 11.5 Å². The maximum Gasteiger partial charge on any atom is 0.269 e. The van der Waals surface area contributed by atoms with Crippen LogP contribution in [0, 0.1) is 10.1 Å². The summed E-state index contributed by atoms with van der Waals surface area (Å²) in [7, 11) is 3.04. The molecule has 1 heterocycles. The highest BCUT2D eigenvalue weighted by atomic mass is 32.1. The van der Waals surface area contributed by atoms with Gasteiger partial charge >= 0.3 is 0 Å². The van der Waals surface area contributed by atoms with E-state index in [0.29, 0.717) is 30.1 Å². The van der Waals surface area contributed by atoms with Crippen LogP contribution in [0.2, 0.25) is 0 Å². The van der Waals surface area contributed by atoms with Crippen LogP contribution in [0.3, 0.4) is 0 Å². The molecule has 0 atom stereocenters. The van der Waals surface area contributed by atoms with Gasteiger partial charge in [0, 0.05) is 31.8 Å². The minimum Gasteiger partial charge on any atom is -0.490 e. The lowest BCUT2D eigenvalue weighted by atomic mass is 10.0. The number of nitro benzene ring substituents is 1. The van der Waals surface area contributed by atoms with E-state index < -0.39 is 16.7 Å². The van der Waals surface area contributed by atoms with E-state index >= 15 is 0 Å². The van der Waals surface area contributed by atoms with E-state index in [-0.39, 0.29) is 23.0 Å². The normalized spacial score (nSPS) is 13.7. The van der Waals surface area contributed by atoms with Crippen LogP contribution in [0.4, 0.5) is 5.69 Å². The fraction of sp³-hybridized carbons (Fsp3) is 0.240. The van der Waals surface area contributed by atoms with Crippen molar-refractivity contribution in [1.82, 2.24) is 9.80 Å². The van der Waals surface area contributed by atoms with E-state index in [2.05, 4.69) is 6.58 Å². The number of likely N-dealkylation sites (N-methyl/N-ethyl adjacent to an activating group) is 2. The molecule has 0 radical (unpaired) electrons. The fourth-order valence-corrected chi connectivity index (χ4v) is 3.68. The SMILES string of the molecule is C=CCc1cc(C=C2C(=O)N(C)C(=S)N(C)C2=O)cc(OCC)c1OCc1ccc([N+](=O)[O-])cc1. The van der Waals surface area contributed by atoms with E-state index in [1.165, 1.54) is 42.1 Å². The molecule has 1 aliphatic rings. The maximum atomic E-state index is 12.7. The summed E-state index contributed by atoms with van der Waals surface area (Å²) in [5, 5.41) is 11.0. The molecular formula is C25H25N3O6S. The van der Waals surface area contributed by atoms with E-state index in [1.807, 2.05) is 6.92 Å². The summed E-state index contributed by atoms with van der Waals surface area (Å²) in [6, 6.07) is 9.59. The Labute approximate surface area is 208 Å². The minimum absolute atomic E-state index is 0.00245. The number of carbonyl (C=O) groups excluding carboxylic acids is 2. The molecule has 182 valence electrons. The smallest absolute Gasteiger partial charge is 0.269 e. The summed E-state index contributed by atoms with van der Waals surface area (Å²) in [5.74, 6) is -0.0443. The molecule has 0 saturated carbocycles. The molecule has 0 aliphatic carbocycles. The summed E-state index contributed by atoms with van der Waals surface area (Å²) in [5.41, 5.74) is 2.05. The summed E-state index contributed by atoms with van der Waals surface area (Å²) in [6.45, 7) is 6.15. The number of thiocarbonyl (C=S) groups is 1. The number of carbonyl (C=O) groups is 2. The number of ether oxygens (including phenoxy) is 2. The second-order valence-electron chi connectivity index (χ2n) is 7.71. The average molecular weight is 496 g/mol. The van der Waals surface area contributed by atoms with Crippen LogP contribution in [0.15, 0.2) is 54.6 Å². The number of rotatable bonds is 9. The Balaban J connectivity index is 1.98. The van der Waals surface area contributed by atoms with Crippen LogP contribution in [-0.4, -0.2) is 52.4 Å². The predicted octanol–water partition coefficient (Wildman–Crippen LogP) is 3.90. The van der Waals surface area contributed by atoms with Gasteiger partial charge in [-0.25, -0.2) is 0 Å². The van der Waals surface area contributed by atoms with E-state index in [0.717, 1.165) is 11.1 Å². The molecule has 3 rings (SSSR count). The molecule has 0 N–H and O–H groups in total. The highest BCUT2D eigenvalue weighted by Gasteiger charge is 2.35. The van der Waals surface area contributed by atoms with Gasteiger partial charge in [0.15, 0.2) is 16.6 Å². The zero-order valence-corrected chi connectivity index (χ0v) is 20.5. The van der Waals surface area contributed by atoms with Gasteiger partial charge in [0.25, 0.3) is 17.5 Å². The number of amides is 2. The van der Waals surface area contributed by atoms with Gasteiger partial charge in [0.05, 0.1) is 11.5 Å². The first-order valence-electron chi connectivity index (χ1n) is 10.8. The number of nitro groups is 1. The summed E-state index contributed by atoms with van der Waals surface area (Å²) in [4.78, 5) is 38.4. The Morgan fingerprint density at radius 2 is 1.71 bits per heavy atom. The van der Waals surface area contributed by atoms with Crippen LogP contribution in [0.1, 0.15) is 23.6 Å². The third kappa shape index (κ3) is 5.55.